The minimum absolute atomic E-state index is 0.412. The predicted octanol–water partition coefficient (Wildman–Crippen LogP) is 1.28. The second kappa shape index (κ2) is 4.36. The van der Waals surface area contributed by atoms with Crippen molar-refractivity contribution >= 4 is 18.3 Å². The molecule has 0 bridgehead atoms. The van der Waals surface area contributed by atoms with Gasteiger partial charge >= 0.3 is 7.12 Å². The van der Waals surface area contributed by atoms with Gasteiger partial charge in [0.15, 0.2) is 0 Å². The second-order valence-electron chi connectivity index (χ2n) is 4.20. The van der Waals surface area contributed by atoms with Crippen LogP contribution in [0.5, 0.6) is 11.5 Å². The minimum atomic E-state index is -0.814. The van der Waals surface area contributed by atoms with Gasteiger partial charge in [-0.05, 0) is 47.4 Å². The Morgan fingerprint density at radius 1 is 1.11 bits per heavy atom. The fraction of sp³-hybridized carbons (Fsp3) is 0.0769. The fourth-order valence-electron chi connectivity index (χ4n) is 1.94. The smallest absolute Gasteiger partial charge is 0.457 e. The summed E-state index contributed by atoms with van der Waals surface area (Å²) in [6, 6.07) is 12.7. The summed E-state index contributed by atoms with van der Waals surface area (Å²) in [6.07, 6.45) is 0. The highest BCUT2D eigenvalue weighted by Crippen LogP contribution is 2.24. The average molecular weight is 241 g/mol. The third-order valence-electron chi connectivity index (χ3n) is 2.89. The molecule has 0 saturated heterocycles. The number of anilines is 1. The molecule has 0 amide bonds. The first-order valence-corrected chi connectivity index (χ1v) is 5.68. The van der Waals surface area contributed by atoms with Crippen molar-refractivity contribution in [3.8, 4) is 11.5 Å². The SMILES string of the molecule is Nc1ccc(Oc2ccc3c(c2)COB3O)cc1. The molecule has 2 aromatic rings. The normalized spacial score (nSPS) is 13.5. The molecular formula is C13H12BNO3. The molecule has 0 radical (unpaired) electrons. The molecule has 2 aromatic carbocycles. The van der Waals surface area contributed by atoms with Gasteiger partial charge in [-0.25, -0.2) is 0 Å². The molecule has 1 heterocycles. The van der Waals surface area contributed by atoms with Crippen molar-refractivity contribution in [2.75, 3.05) is 5.73 Å². The van der Waals surface area contributed by atoms with E-state index in [1.165, 1.54) is 0 Å². The van der Waals surface area contributed by atoms with E-state index in [2.05, 4.69) is 0 Å². The van der Waals surface area contributed by atoms with Gasteiger partial charge in [-0.3, -0.25) is 0 Å². The molecule has 0 aromatic heterocycles. The van der Waals surface area contributed by atoms with Crippen LogP contribution in [0.4, 0.5) is 5.69 Å². The highest BCUT2D eigenvalue weighted by Gasteiger charge is 2.27. The van der Waals surface area contributed by atoms with Gasteiger partial charge in [0.1, 0.15) is 11.5 Å². The monoisotopic (exact) mass is 241 g/mol. The molecule has 3 rings (SSSR count). The Balaban J connectivity index is 1.84. The van der Waals surface area contributed by atoms with E-state index in [-0.39, 0.29) is 0 Å². The van der Waals surface area contributed by atoms with Crippen molar-refractivity contribution in [1.82, 2.24) is 0 Å². The molecule has 0 saturated carbocycles. The zero-order valence-electron chi connectivity index (χ0n) is 9.67. The maximum absolute atomic E-state index is 9.52. The lowest BCUT2D eigenvalue weighted by Crippen LogP contribution is -2.27. The molecule has 1 aliphatic heterocycles. The Morgan fingerprint density at radius 3 is 2.61 bits per heavy atom. The standard InChI is InChI=1S/C13H12BNO3/c15-10-1-3-11(4-2-10)18-12-5-6-13-9(7-12)8-17-14(13)16/h1-7,16H,8,15H2. The third-order valence-corrected chi connectivity index (χ3v) is 2.89. The zero-order chi connectivity index (χ0) is 12.5. The molecule has 4 nitrogen and oxygen atoms in total. The van der Waals surface area contributed by atoms with Crippen LogP contribution in [-0.2, 0) is 11.3 Å². The topological polar surface area (TPSA) is 64.7 Å². The Labute approximate surface area is 105 Å². The third kappa shape index (κ3) is 2.06. The molecule has 3 N–H and O–H groups in total. The summed E-state index contributed by atoms with van der Waals surface area (Å²) in [4.78, 5) is 0. The first-order valence-electron chi connectivity index (χ1n) is 5.68. The minimum Gasteiger partial charge on any atom is -0.457 e. The first-order chi connectivity index (χ1) is 8.72. The molecule has 0 spiro atoms. The number of nitrogen functional groups attached to an aromatic ring is 1. The van der Waals surface area contributed by atoms with Crippen LogP contribution >= 0.6 is 0 Å². The number of rotatable bonds is 2. The molecule has 0 aliphatic carbocycles. The summed E-state index contributed by atoms with van der Waals surface area (Å²) in [5.41, 5.74) is 8.07. The van der Waals surface area contributed by atoms with Crippen molar-refractivity contribution in [2.24, 2.45) is 0 Å². The van der Waals surface area contributed by atoms with Crippen LogP contribution in [0.15, 0.2) is 42.5 Å². The number of fused-ring (bicyclic) bond motifs is 1. The van der Waals surface area contributed by atoms with Gasteiger partial charge in [-0.2, -0.15) is 0 Å². The van der Waals surface area contributed by atoms with Crippen LogP contribution in [0.3, 0.4) is 0 Å². The van der Waals surface area contributed by atoms with E-state index in [4.69, 9.17) is 15.1 Å². The molecule has 0 atom stereocenters. The van der Waals surface area contributed by atoms with Gasteiger partial charge in [0.05, 0.1) is 6.61 Å². The fourth-order valence-corrected chi connectivity index (χ4v) is 1.94. The van der Waals surface area contributed by atoms with Crippen LogP contribution in [0.2, 0.25) is 0 Å². The summed E-state index contributed by atoms with van der Waals surface area (Å²) in [6.45, 7) is 0.412. The van der Waals surface area contributed by atoms with E-state index in [0.29, 0.717) is 12.3 Å². The summed E-state index contributed by atoms with van der Waals surface area (Å²) in [5.74, 6) is 1.44. The van der Waals surface area contributed by atoms with Crippen molar-refractivity contribution in [3.05, 3.63) is 48.0 Å². The molecular weight excluding hydrogens is 229 g/mol. The van der Waals surface area contributed by atoms with E-state index in [0.717, 1.165) is 22.5 Å². The lowest BCUT2D eigenvalue weighted by atomic mass is 9.80. The number of hydrogen-bond donors (Lipinski definition) is 2. The van der Waals surface area contributed by atoms with Crippen LogP contribution < -0.4 is 15.9 Å². The first kappa shape index (κ1) is 11.1. The van der Waals surface area contributed by atoms with Crippen LogP contribution in [0, 0.1) is 0 Å². The predicted molar refractivity (Wildman–Crippen MR) is 69.8 cm³/mol. The molecule has 0 unspecified atom stereocenters. The lowest BCUT2D eigenvalue weighted by molar-refractivity contribution is 0.275. The largest absolute Gasteiger partial charge is 0.491 e. The van der Waals surface area contributed by atoms with Crippen molar-refractivity contribution < 1.29 is 14.4 Å². The van der Waals surface area contributed by atoms with Gasteiger partial charge in [0, 0.05) is 5.69 Å². The van der Waals surface area contributed by atoms with Gasteiger partial charge in [-0.15, -0.1) is 0 Å². The summed E-state index contributed by atoms with van der Waals surface area (Å²) in [5, 5.41) is 9.52. The number of hydrogen-bond acceptors (Lipinski definition) is 4. The quantitative estimate of drug-likeness (QED) is 0.614. The second-order valence-corrected chi connectivity index (χ2v) is 4.20. The van der Waals surface area contributed by atoms with Crippen LogP contribution in [0.1, 0.15) is 5.56 Å². The Kier molecular flexibility index (Phi) is 2.70. The van der Waals surface area contributed by atoms with Gasteiger partial charge in [-0.1, -0.05) is 6.07 Å². The molecule has 18 heavy (non-hydrogen) atoms. The maximum atomic E-state index is 9.52. The van der Waals surface area contributed by atoms with Crippen molar-refractivity contribution in [2.45, 2.75) is 6.61 Å². The highest BCUT2D eigenvalue weighted by atomic mass is 16.5. The highest BCUT2D eigenvalue weighted by molar-refractivity contribution is 6.61. The van der Waals surface area contributed by atoms with Crippen molar-refractivity contribution in [1.29, 1.82) is 0 Å². The maximum Gasteiger partial charge on any atom is 0.491 e. The number of benzene rings is 2. The molecule has 1 aliphatic rings. The molecule has 90 valence electrons. The van der Waals surface area contributed by atoms with Crippen LogP contribution in [0.25, 0.3) is 0 Å². The molecule has 5 heteroatoms. The van der Waals surface area contributed by atoms with Gasteiger partial charge in [0.25, 0.3) is 0 Å². The van der Waals surface area contributed by atoms with Gasteiger partial charge in [0.2, 0.25) is 0 Å². The van der Waals surface area contributed by atoms with Crippen LogP contribution in [-0.4, -0.2) is 12.1 Å². The summed E-state index contributed by atoms with van der Waals surface area (Å²) in [7, 11) is -0.814. The molecule has 0 fully saturated rings. The zero-order valence-corrected chi connectivity index (χ0v) is 9.67. The number of nitrogens with two attached hydrogens (primary N) is 1. The van der Waals surface area contributed by atoms with E-state index < -0.39 is 7.12 Å². The van der Waals surface area contributed by atoms with E-state index in [1.807, 2.05) is 30.3 Å². The Morgan fingerprint density at radius 2 is 1.83 bits per heavy atom. The van der Waals surface area contributed by atoms with E-state index >= 15 is 0 Å². The number of ether oxygens (including phenoxy) is 1. The lowest BCUT2D eigenvalue weighted by Gasteiger charge is -2.07. The average Bonchev–Trinajstić information content (AvgIpc) is 2.74. The van der Waals surface area contributed by atoms with Gasteiger partial charge < -0.3 is 20.1 Å². The summed E-state index contributed by atoms with van der Waals surface area (Å²) >= 11 is 0. The van der Waals surface area contributed by atoms with Crippen molar-refractivity contribution in [3.63, 3.8) is 0 Å². The Hall–Kier alpha value is -1.98. The van der Waals surface area contributed by atoms with E-state index in [1.54, 1.807) is 12.1 Å². The Bertz CT molecular complexity index is 571. The summed E-state index contributed by atoms with van der Waals surface area (Å²) < 4.78 is 10.8. The van der Waals surface area contributed by atoms with E-state index in [9.17, 15) is 5.02 Å².